The van der Waals surface area contributed by atoms with Crippen LogP contribution in [0.4, 0.5) is 18.9 Å². The largest absolute Gasteiger partial charge is 0.509 e. The molecule has 0 aromatic heterocycles. The van der Waals surface area contributed by atoms with Gasteiger partial charge >= 0.3 is 24.0 Å². The second kappa shape index (κ2) is 9.94. The number of esters is 1. The van der Waals surface area contributed by atoms with Crippen molar-refractivity contribution in [1.29, 1.82) is 0 Å². The van der Waals surface area contributed by atoms with E-state index < -0.39 is 28.5 Å². The molecule has 0 fully saturated rings. The molecule has 1 atom stereocenters. The number of carbonyl (C=O) groups excluding carboxylic acids is 2. The number of allylic oxidation sites excluding steroid dienone is 2. The second-order valence-electron chi connectivity index (χ2n) is 8.28. The summed E-state index contributed by atoms with van der Waals surface area (Å²) in [6.45, 7) is 4.73. The molecule has 0 saturated heterocycles. The molecule has 1 aromatic rings. The normalized spacial score (nSPS) is 15.6. The number of hydrogen-bond acceptors (Lipinski definition) is 5. The first kappa shape index (κ1) is 26.4. The topological polar surface area (TPSA) is 89.9 Å². The van der Waals surface area contributed by atoms with Crippen LogP contribution in [0.3, 0.4) is 0 Å². The Morgan fingerprint density at radius 3 is 2.42 bits per heavy atom. The molecule has 1 aliphatic rings. The van der Waals surface area contributed by atoms with Crippen LogP contribution in [0.5, 0.6) is 5.75 Å². The number of ether oxygens (including phenoxy) is 2. The molecule has 7 nitrogen and oxygen atoms in total. The van der Waals surface area contributed by atoms with Crippen LogP contribution < -0.4 is 9.22 Å². The van der Waals surface area contributed by atoms with E-state index >= 15 is 0 Å². The Bertz CT molecular complexity index is 999. The Balaban J connectivity index is 2.85. The van der Waals surface area contributed by atoms with E-state index in [0.29, 0.717) is 16.7 Å². The maximum atomic E-state index is 13.7. The van der Waals surface area contributed by atoms with Gasteiger partial charge in [-0.3, -0.25) is 4.79 Å². The lowest BCUT2D eigenvalue weighted by molar-refractivity contribution is -0.183. The van der Waals surface area contributed by atoms with Gasteiger partial charge in [-0.2, -0.15) is 13.2 Å². The van der Waals surface area contributed by atoms with Crippen LogP contribution in [-0.2, 0) is 27.4 Å². The fraction of sp³-hybridized carbons (Fsp3) is 0.522. The number of quaternary nitrogens is 1. The number of carboxylic acids is 1. The lowest BCUT2D eigenvalue weighted by Gasteiger charge is -2.34. The number of amides is 1. The predicted octanol–water partition coefficient (Wildman–Crippen LogP) is 4.46. The van der Waals surface area contributed by atoms with E-state index in [4.69, 9.17) is 14.6 Å². The number of nitrogens with zero attached hydrogens (tertiary/aromatic N) is 1. The van der Waals surface area contributed by atoms with E-state index in [-0.39, 0.29) is 61.4 Å². The number of aliphatic carboxylic acids is 1. The van der Waals surface area contributed by atoms with Crippen molar-refractivity contribution in [2.75, 3.05) is 20.7 Å². The van der Waals surface area contributed by atoms with Gasteiger partial charge in [-0.15, -0.1) is 0 Å². The third-order valence-electron chi connectivity index (χ3n) is 5.89. The van der Waals surface area contributed by atoms with Gasteiger partial charge in [0.25, 0.3) is 0 Å². The van der Waals surface area contributed by atoms with Gasteiger partial charge < -0.3 is 14.6 Å². The average Bonchev–Trinajstić information content (AvgIpc) is 3.11. The summed E-state index contributed by atoms with van der Waals surface area (Å²) in [5, 5.41) is 8.90. The molecule has 0 bridgehead atoms. The van der Waals surface area contributed by atoms with Gasteiger partial charge in [0.1, 0.15) is 17.9 Å². The van der Waals surface area contributed by atoms with Gasteiger partial charge in [0.2, 0.25) is 0 Å². The van der Waals surface area contributed by atoms with Crippen LogP contribution >= 0.6 is 0 Å². The van der Waals surface area contributed by atoms with Crippen LogP contribution in [0.15, 0.2) is 11.6 Å². The number of carboxylic acid groups (broad SMARTS) is 1. The van der Waals surface area contributed by atoms with Crippen LogP contribution in [-0.4, -0.2) is 49.8 Å². The van der Waals surface area contributed by atoms with Gasteiger partial charge in [0, 0.05) is 18.4 Å². The Labute approximate surface area is 190 Å². The molecule has 1 aliphatic heterocycles. The summed E-state index contributed by atoms with van der Waals surface area (Å²) in [6.07, 6.45) is -3.01. The zero-order chi connectivity index (χ0) is 25.1. The minimum Gasteiger partial charge on any atom is -0.496 e. The number of methoxy groups -OCH3 is 1. The minimum atomic E-state index is -5.14. The van der Waals surface area contributed by atoms with Crippen LogP contribution in [0, 0.1) is 6.92 Å². The van der Waals surface area contributed by atoms with E-state index in [1.807, 2.05) is 0 Å². The fourth-order valence-corrected chi connectivity index (χ4v) is 4.30. The molecule has 1 heterocycles. The Morgan fingerprint density at radius 2 is 1.91 bits per heavy atom. The SMILES string of the molecule is CCC[N+](C)(C(=O)C(F)(F)F)c1c(C/C=C(\C)CCC(=O)O)c(OC)c(C)c2c1C(=O)OC2. The fourth-order valence-electron chi connectivity index (χ4n) is 4.30. The first-order valence-electron chi connectivity index (χ1n) is 10.5. The van der Waals surface area contributed by atoms with Crippen LogP contribution in [0.25, 0.3) is 0 Å². The lowest BCUT2D eigenvalue weighted by atomic mass is 9.91. The molecule has 2 rings (SSSR count). The molecule has 0 spiro atoms. The average molecular weight is 472 g/mol. The van der Waals surface area contributed by atoms with E-state index in [1.165, 1.54) is 7.11 Å². The summed E-state index contributed by atoms with van der Waals surface area (Å²) >= 11 is 0. The second-order valence-corrected chi connectivity index (χ2v) is 8.28. The number of hydrogen-bond donors (Lipinski definition) is 1. The zero-order valence-electron chi connectivity index (χ0n) is 19.4. The highest BCUT2D eigenvalue weighted by Crippen LogP contribution is 2.46. The molecule has 0 radical (unpaired) electrons. The van der Waals surface area contributed by atoms with E-state index in [0.717, 1.165) is 7.05 Å². The summed E-state index contributed by atoms with van der Waals surface area (Å²) in [5.41, 5.74) is 1.82. The van der Waals surface area contributed by atoms with Crippen LogP contribution in [0.1, 0.15) is 60.2 Å². The summed E-state index contributed by atoms with van der Waals surface area (Å²) in [7, 11) is 2.52. The number of carbonyl (C=O) groups is 3. The summed E-state index contributed by atoms with van der Waals surface area (Å²) < 4.78 is 50.7. The molecular weight excluding hydrogens is 443 g/mol. The minimum absolute atomic E-state index is 0.0339. The highest BCUT2D eigenvalue weighted by molar-refractivity contribution is 6.05. The number of alkyl halides is 3. The van der Waals surface area contributed by atoms with Gasteiger partial charge in [-0.25, -0.2) is 14.1 Å². The summed E-state index contributed by atoms with van der Waals surface area (Å²) in [6, 6.07) is 0. The molecule has 33 heavy (non-hydrogen) atoms. The number of benzene rings is 1. The third kappa shape index (κ3) is 5.21. The van der Waals surface area contributed by atoms with E-state index in [9.17, 15) is 27.6 Å². The highest BCUT2D eigenvalue weighted by atomic mass is 19.4. The number of cyclic esters (lactones) is 1. The Kier molecular flexibility index (Phi) is 7.95. The van der Waals surface area contributed by atoms with E-state index in [1.54, 1.807) is 26.8 Å². The maximum Gasteiger partial charge on any atom is 0.509 e. The van der Waals surface area contributed by atoms with Gasteiger partial charge in [0.15, 0.2) is 5.69 Å². The molecule has 0 aliphatic carbocycles. The number of halogens is 3. The number of fused-ring (bicyclic) bond motifs is 1. The van der Waals surface area contributed by atoms with Crippen molar-refractivity contribution in [2.24, 2.45) is 0 Å². The van der Waals surface area contributed by atoms with Crippen molar-refractivity contribution in [2.45, 2.75) is 59.2 Å². The van der Waals surface area contributed by atoms with Crippen molar-refractivity contribution in [3.8, 4) is 5.75 Å². The molecule has 1 amide bonds. The molecular formula is C23H29F3NO6+. The number of rotatable bonds is 9. The monoisotopic (exact) mass is 472 g/mol. The smallest absolute Gasteiger partial charge is 0.496 e. The van der Waals surface area contributed by atoms with Gasteiger partial charge in [-0.05, 0) is 32.3 Å². The third-order valence-corrected chi connectivity index (χ3v) is 5.89. The van der Waals surface area contributed by atoms with Crippen molar-refractivity contribution in [3.05, 3.63) is 33.9 Å². The first-order valence-corrected chi connectivity index (χ1v) is 10.5. The highest BCUT2D eigenvalue weighted by Gasteiger charge is 2.56. The predicted molar refractivity (Wildman–Crippen MR) is 115 cm³/mol. The summed E-state index contributed by atoms with van der Waals surface area (Å²) in [4.78, 5) is 36.3. The standard InChI is InChI=1S/C23H28F3NO6/c1-6-11-27(4,22(31)23(24,25)26)19-15(9-7-13(2)8-10-17(28)29)20(32-5)14(3)16-12-33-21(30)18(16)19/h7H,6,8-12H2,1-5H3/p+1/b13-7+. The molecule has 0 saturated carbocycles. The summed E-state index contributed by atoms with van der Waals surface area (Å²) in [5.74, 6) is -3.47. The Hall–Kier alpha value is -2.88. The molecule has 1 aromatic carbocycles. The lowest BCUT2D eigenvalue weighted by Crippen LogP contribution is -2.58. The van der Waals surface area contributed by atoms with Gasteiger partial charge in [0.05, 0.1) is 26.3 Å². The molecule has 1 unspecified atom stereocenters. The maximum absolute atomic E-state index is 13.7. The van der Waals surface area contributed by atoms with Gasteiger partial charge in [-0.1, -0.05) is 18.6 Å². The quantitative estimate of drug-likeness (QED) is 0.324. The zero-order valence-corrected chi connectivity index (χ0v) is 19.4. The van der Waals surface area contributed by atoms with Crippen LogP contribution in [0.2, 0.25) is 0 Å². The molecule has 182 valence electrons. The van der Waals surface area contributed by atoms with Crippen molar-refractivity contribution < 1.29 is 42.1 Å². The van der Waals surface area contributed by atoms with Crippen molar-refractivity contribution in [3.63, 3.8) is 0 Å². The van der Waals surface area contributed by atoms with Crippen molar-refractivity contribution in [1.82, 2.24) is 4.48 Å². The Morgan fingerprint density at radius 1 is 1.27 bits per heavy atom. The first-order chi connectivity index (χ1) is 15.3. The molecule has 1 N–H and O–H groups in total. The molecule has 10 heteroatoms. The van der Waals surface area contributed by atoms with E-state index in [2.05, 4.69) is 0 Å². The van der Waals surface area contributed by atoms with Crippen molar-refractivity contribution >= 4 is 23.5 Å².